The number of hydrogen-bond acceptors (Lipinski definition) is 5. The van der Waals surface area contributed by atoms with Crippen molar-refractivity contribution < 1.29 is 22.7 Å². The van der Waals surface area contributed by atoms with Crippen molar-refractivity contribution in [2.45, 2.75) is 38.0 Å². The fraction of sp³-hybridized carbons (Fsp3) is 0.579. The van der Waals surface area contributed by atoms with E-state index in [9.17, 15) is 18.0 Å². The minimum absolute atomic E-state index is 0.0432. The van der Waals surface area contributed by atoms with Crippen LogP contribution in [-0.4, -0.2) is 57.9 Å². The Bertz CT molecular complexity index is 756. The summed E-state index contributed by atoms with van der Waals surface area (Å²) in [6.45, 7) is 5.82. The van der Waals surface area contributed by atoms with E-state index in [1.165, 1.54) is 19.1 Å². The first-order valence-corrected chi connectivity index (χ1v) is 11.0. The van der Waals surface area contributed by atoms with Gasteiger partial charge in [0.2, 0.25) is 21.8 Å². The van der Waals surface area contributed by atoms with Crippen LogP contribution in [0.4, 0.5) is 0 Å². The number of hydrogen-bond donors (Lipinski definition) is 2. The Morgan fingerprint density at radius 2 is 1.82 bits per heavy atom. The Labute approximate surface area is 166 Å². The maximum atomic E-state index is 12.3. The Hall–Kier alpha value is -2.13. The standard InChI is InChI=1S/C19H29N3O5S/c1-3-27-17-4-6-18(7-5-17)28(25,26)21-11-8-19(24)22-12-9-16(10-13-22)14-20-15(2)23/h4-7,16,21H,3,8-14H2,1-2H3,(H,20,23). The van der Waals surface area contributed by atoms with Crippen LogP contribution in [0.25, 0.3) is 0 Å². The minimum Gasteiger partial charge on any atom is -0.494 e. The van der Waals surface area contributed by atoms with Crippen molar-refractivity contribution in [2.24, 2.45) is 5.92 Å². The third-order valence-electron chi connectivity index (χ3n) is 4.68. The van der Waals surface area contributed by atoms with Gasteiger partial charge in [0.05, 0.1) is 11.5 Å². The van der Waals surface area contributed by atoms with Crippen molar-refractivity contribution in [3.63, 3.8) is 0 Å². The molecular weight excluding hydrogens is 382 g/mol. The number of amides is 2. The van der Waals surface area contributed by atoms with Crippen molar-refractivity contribution in [3.8, 4) is 5.75 Å². The molecule has 1 aliphatic rings. The van der Waals surface area contributed by atoms with Gasteiger partial charge in [0, 0.05) is 39.5 Å². The molecule has 2 amide bonds. The van der Waals surface area contributed by atoms with Crippen LogP contribution in [0.3, 0.4) is 0 Å². The van der Waals surface area contributed by atoms with Gasteiger partial charge >= 0.3 is 0 Å². The largest absolute Gasteiger partial charge is 0.494 e. The lowest BCUT2D eigenvalue weighted by molar-refractivity contribution is -0.132. The Morgan fingerprint density at radius 3 is 2.39 bits per heavy atom. The first kappa shape index (κ1) is 22.2. The first-order chi connectivity index (χ1) is 13.3. The average Bonchev–Trinajstić information content (AvgIpc) is 2.67. The first-order valence-electron chi connectivity index (χ1n) is 9.56. The molecule has 1 fully saturated rings. The van der Waals surface area contributed by atoms with Gasteiger partial charge in [-0.3, -0.25) is 9.59 Å². The smallest absolute Gasteiger partial charge is 0.240 e. The molecule has 9 heteroatoms. The summed E-state index contributed by atoms with van der Waals surface area (Å²) in [6.07, 6.45) is 1.79. The summed E-state index contributed by atoms with van der Waals surface area (Å²) < 4.78 is 32.4. The van der Waals surface area contributed by atoms with Gasteiger partial charge in [0.25, 0.3) is 0 Å². The van der Waals surface area contributed by atoms with Crippen LogP contribution in [0.5, 0.6) is 5.75 Å². The normalized spacial score (nSPS) is 15.3. The van der Waals surface area contributed by atoms with E-state index in [1.54, 1.807) is 17.0 Å². The molecule has 0 atom stereocenters. The monoisotopic (exact) mass is 411 g/mol. The fourth-order valence-corrected chi connectivity index (χ4v) is 4.12. The number of nitrogens with one attached hydrogen (secondary N) is 2. The molecule has 0 spiro atoms. The van der Waals surface area contributed by atoms with Gasteiger partial charge in [-0.2, -0.15) is 0 Å². The molecule has 156 valence electrons. The van der Waals surface area contributed by atoms with Gasteiger partial charge in [-0.25, -0.2) is 13.1 Å². The molecule has 1 heterocycles. The lowest BCUT2D eigenvalue weighted by atomic mass is 9.96. The zero-order chi connectivity index (χ0) is 20.6. The molecule has 2 rings (SSSR count). The number of piperidine rings is 1. The van der Waals surface area contributed by atoms with Gasteiger partial charge < -0.3 is 15.0 Å². The Morgan fingerprint density at radius 1 is 1.18 bits per heavy atom. The van der Waals surface area contributed by atoms with Crippen LogP contribution >= 0.6 is 0 Å². The van der Waals surface area contributed by atoms with E-state index in [-0.39, 0.29) is 29.7 Å². The summed E-state index contributed by atoms with van der Waals surface area (Å²) in [7, 11) is -3.66. The van der Waals surface area contributed by atoms with Gasteiger partial charge in [-0.15, -0.1) is 0 Å². The van der Waals surface area contributed by atoms with Crippen molar-refractivity contribution >= 4 is 21.8 Å². The molecule has 8 nitrogen and oxygen atoms in total. The predicted molar refractivity (Wildman–Crippen MR) is 105 cm³/mol. The molecule has 0 unspecified atom stereocenters. The van der Waals surface area contributed by atoms with E-state index in [0.29, 0.717) is 37.9 Å². The summed E-state index contributed by atoms with van der Waals surface area (Å²) >= 11 is 0. The molecule has 0 aliphatic carbocycles. The van der Waals surface area contributed by atoms with E-state index >= 15 is 0 Å². The number of carbonyl (C=O) groups is 2. The van der Waals surface area contributed by atoms with E-state index in [2.05, 4.69) is 10.0 Å². The summed E-state index contributed by atoms with van der Waals surface area (Å²) in [6, 6.07) is 6.17. The molecular formula is C19H29N3O5S. The molecule has 2 N–H and O–H groups in total. The van der Waals surface area contributed by atoms with E-state index in [4.69, 9.17) is 4.74 Å². The zero-order valence-electron chi connectivity index (χ0n) is 16.4. The van der Waals surface area contributed by atoms with E-state index < -0.39 is 10.0 Å². The van der Waals surface area contributed by atoms with Gasteiger partial charge in [-0.05, 0) is 49.9 Å². The molecule has 28 heavy (non-hydrogen) atoms. The minimum atomic E-state index is -3.66. The zero-order valence-corrected chi connectivity index (χ0v) is 17.3. The van der Waals surface area contributed by atoms with Crippen LogP contribution in [0.1, 0.15) is 33.1 Å². The maximum Gasteiger partial charge on any atom is 0.240 e. The van der Waals surface area contributed by atoms with Crippen LogP contribution in [0.2, 0.25) is 0 Å². The maximum absolute atomic E-state index is 12.3. The van der Waals surface area contributed by atoms with Crippen LogP contribution in [0.15, 0.2) is 29.2 Å². The van der Waals surface area contributed by atoms with Gasteiger partial charge in [-0.1, -0.05) is 0 Å². The van der Waals surface area contributed by atoms with Crippen molar-refractivity contribution in [2.75, 3.05) is 32.8 Å². The van der Waals surface area contributed by atoms with E-state index in [0.717, 1.165) is 12.8 Å². The number of nitrogens with zero attached hydrogens (tertiary/aromatic N) is 1. The highest BCUT2D eigenvalue weighted by Gasteiger charge is 2.23. The van der Waals surface area contributed by atoms with Crippen LogP contribution < -0.4 is 14.8 Å². The molecule has 0 aromatic heterocycles. The number of sulfonamides is 1. The molecule has 0 radical (unpaired) electrons. The second-order valence-electron chi connectivity index (χ2n) is 6.81. The third kappa shape index (κ3) is 6.79. The van der Waals surface area contributed by atoms with Crippen LogP contribution in [0, 0.1) is 5.92 Å². The van der Waals surface area contributed by atoms with E-state index in [1.807, 2.05) is 6.92 Å². The van der Waals surface area contributed by atoms with Gasteiger partial charge in [0.1, 0.15) is 5.75 Å². The van der Waals surface area contributed by atoms with Crippen molar-refractivity contribution in [3.05, 3.63) is 24.3 Å². The topological polar surface area (TPSA) is 105 Å². The lowest BCUT2D eigenvalue weighted by Gasteiger charge is -2.32. The molecule has 1 aromatic carbocycles. The highest BCUT2D eigenvalue weighted by molar-refractivity contribution is 7.89. The number of carbonyl (C=O) groups excluding carboxylic acids is 2. The molecule has 0 bridgehead atoms. The summed E-state index contributed by atoms with van der Waals surface area (Å²) in [4.78, 5) is 25.2. The molecule has 1 saturated heterocycles. The predicted octanol–water partition coefficient (Wildman–Crippen LogP) is 1.13. The van der Waals surface area contributed by atoms with Crippen LogP contribution in [-0.2, 0) is 19.6 Å². The summed E-state index contributed by atoms with van der Waals surface area (Å²) in [5, 5.41) is 2.81. The fourth-order valence-electron chi connectivity index (χ4n) is 3.09. The van der Waals surface area contributed by atoms with Crippen molar-refractivity contribution in [1.29, 1.82) is 0 Å². The lowest BCUT2D eigenvalue weighted by Crippen LogP contribution is -2.42. The highest BCUT2D eigenvalue weighted by Crippen LogP contribution is 2.18. The number of likely N-dealkylation sites (tertiary alicyclic amines) is 1. The Kier molecular flexibility index (Phi) is 8.25. The number of ether oxygens (including phenoxy) is 1. The molecule has 1 aliphatic heterocycles. The second-order valence-corrected chi connectivity index (χ2v) is 8.58. The SMILES string of the molecule is CCOc1ccc(S(=O)(=O)NCCC(=O)N2CCC(CNC(C)=O)CC2)cc1. The van der Waals surface area contributed by atoms with Gasteiger partial charge in [0.15, 0.2) is 0 Å². The summed E-state index contributed by atoms with van der Waals surface area (Å²) in [5.41, 5.74) is 0. The average molecular weight is 412 g/mol. The Balaban J connectivity index is 1.75. The molecule has 1 aromatic rings. The number of benzene rings is 1. The highest BCUT2D eigenvalue weighted by atomic mass is 32.2. The van der Waals surface area contributed by atoms with Crippen molar-refractivity contribution in [1.82, 2.24) is 14.9 Å². The quantitative estimate of drug-likeness (QED) is 0.634. The number of rotatable bonds is 9. The molecule has 0 saturated carbocycles. The summed E-state index contributed by atoms with van der Waals surface area (Å²) in [5.74, 6) is 0.885. The third-order valence-corrected chi connectivity index (χ3v) is 6.16. The second kappa shape index (κ2) is 10.4.